The molecule has 6 nitrogen and oxygen atoms in total. The van der Waals surface area contributed by atoms with Crippen LogP contribution in [0.2, 0.25) is 0 Å². The van der Waals surface area contributed by atoms with E-state index < -0.39 is 4.92 Å². The number of hydrogen-bond acceptors (Lipinski definition) is 5. The molecule has 1 aromatic rings. The van der Waals surface area contributed by atoms with E-state index in [2.05, 4.69) is 5.32 Å². The number of ether oxygens (including phenoxy) is 1. The van der Waals surface area contributed by atoms with Gasteiger partial charge in [0.2, 0.25) is 0 Å². The first-order valence-corrected chi connectivity index (χ1v) is 5.58. The average molecular weight is 247 g/mol. The van der Waals surface area contributed by atoms with E-state index in [4.69, 9.17) is 10.00 Å². The monoisotopic (exact) mass is 247 g/mol. The van der Waals surface area contributed by atoms with Gasteiger partial charge in [-0.2, -0.15) is 5.26 Å². The van der Waals surface area contributed by atoms with Gasteiger partial charge in [0.15, 0.2) is 0 Å². The minimum Gasteiger partial charge on any atom is -0.379 e. The van der Waals surface area contributed by atoms with Crippen molar-refractivity contribution >= 4 is 11.4 Å². The van der Waals surface area contributed by atoms with Crippen LogP contribution in [0, 0.1) is 21.4 Å². The van der Waals surface area contributed by atoms with Crippen LogP contribution in [0.25, 0.3) is 0 Å². The van der Waals surface area contributed by atoms with Crippen molar-refractivity contribution in [1.82, 2.24) is 0 Å². The summed E-state index contributed by atoms with van der Waals surface area (Å²) in [5.74, 6) is 0. The Morgan fingerprint density at radius 3 is 2.94 bits per heavy atom. The molecule has 0 saturated carbocycles. The summed E-state index contributed by atoms with van der Waals surface area (Å²) in [5.41, 5.74) is 0.584. The third kappa shape index (κ3) is 2.41. The van der Waals surface area contributed by atoms with Crippen molar-refractivity contribution in [3.63, 3.8) is 0 Å². The number of non-ortho nitro benzene ring substituents is 1. The topological polar surface area (TPSA) is 88.2 Å². The second kappa shape index (κ2) is 4.63. The van der Waals surface area contributed by atoms with Gasteiger partial charge in [-0.3, -0.25) is 10.1 Å². The number of hydrogen-bond donors (Lipinski definition) is 1. The Morgan fingerprint density at radius 1 is 1.61 bits per heavy atom. The molecule has 0 aliphatic carbocycles. The first-order chi connectivity index (χ1) is 8.54. The highest BCUT2D eigenvalue weighted by Crippen LogP contribution is 2.28. The molecule has 1 unspecified atom stereocenters. The molecule has 1 aromatic carbocycles. The fourth-order valence-corrected chi connectivity index (χ4v) is 1.94. The van der Waals surface area contributed by atoms with Crippen LogP contribution < -0.4 is 5.32 Å². The number of nitrogens with one attached hydrogen (secondary N) is 1. The molecule has 2 rings (SSSR count). The fourth-order valence-electron chi connectivity index (χ4n) is 1.94. The molecule has 1 aliphatic rings. The van der Waals surface area contributed by atoms with Crippen LogP contribution in [0.15, 0.2) is 18.2 Å². The number of nitro benzene ring substituents is 1. The summed E-state index contributed by atoms with van der Waals surface area (Å²) in [5, 5.41) is 22.9. The lowest BCUT2D eigenvalue weighted by Gasteiger charge is -2.25. The van der Waals surface area contributed by atoms with Gasteiger partial charge in [0, 0.05) is 18.7 Å². The number of nitriles is 1. The van der Waals surface area contributed by atoms with Gasteiger partial charge in [-0.05, 0) is 19.4 Å². The van der Waals surface area contributed by atoms with Gasteiger partial charge in [-0.25, -0.2) is 0 Å². The summed E-state index contributed by atoms with van der Waals surface area (Å²) in [6.07, 6.45) is 0.842. The van der Waals surface area contributed by atoms with Crippen LogP contribution >= 0.6 is 0 Å². The van der Waals surface area contributed by atoms with E-state index >= 15 is 0 Å². The summed E-state index contributed by atoms with van der Waals surface area (Å²) >= 11 is 0. The van der Waals surface area contributed by atoms with Crippen molar-refractivity contribution in [2.45, 2.75) is 18.9 Å². The Labute approximate surface area is 104 Å². The van der Waals surface area contributed by atoms with E-state index in [1.54, 1.807) is 6.07 Å². The number of nitro groups is 1. The first-order valence-electron chi connectivity index (χ1n) is 5.58. The number of anilines is 1. The van der Waals surface area contributed by atoms with Crippen molar-refractivity contribution < 1.29 is 9.66 Å². The minimum absolute atomic E-state index is 0.0788. The van der Waals surface area contributed by atoms with Crippen molar-refractivity contribution in [3.8, 4) is 6.07 Å². The zero-order chi connectivity index (χ0) is 13.2. The Balaban J connectivity index is 2.28. The first kappa shape index (κ1) is 12.3. The van der Waals surface area contributed by atoms with Crippen LogP contribution in [-0.2, 0) is 4.74 Å². The van der Waals surface area contributed by atoms with Crippen molar-refractivity contribution in [2.75, 3.05) is 18.5 Å². The molecule has 1 saturated heterocycles. The Kier molecular flexibility index (Phi) is 3.17. The summed E-state index contributed by atoms with van der Waals surface area (Å²) in [6, 6.07) is 6.21. The minimum atomic E-state index is -0.509. The van der Waals surface area contributed by atoms with Crippen LogP contribution in [0.1, 0.15) is 18.9 Å². The van der Waals surface area contributed by atoms with E-state index in [0.29, 0.717) is 18.9 Å². The van der Waals surface area contributed by atoms with Gasteiger partial charge < -0.3 is 10.1 Å². The largest absolute Gasteiger partial charge is 0.379 e. The van der Waals surface area contributed by atoms with Gasteiger partial charge in [0.25, 0.3) is 5.69 Å². The van der Waals surface area contributed by atoms with Crippen LogP contribution in [0.5, 0.6) is 0 Å². The van der Waals surface area contributed by atoms with E-state index in [1.807, 2.05) is 13.0 Å². The molecule has 0 bridgehead atoms. The predicted octanol–water partition coefficient (Wildman–Crippen LogP) is 2.06. The third-order valence-electron chi connectivity index (χ3n) is 2.99. The lowest BCUT2D eigenvalue weighted by atomic mass is 10.0. The molecule has 0 radical (unpaired) electrons. The molecule has 1 aliphatic heterocycles. The van der Waals surface area contributed by atoms with Gasteiger partial charge in [-0.15, -0.1) is 0 Å². The Bertz CT molecular complexity index is 516. The van der Waals surface area contributed by atoms with Crippen molar-refractivity contribution in [2.24, 2.45) is 0 Å². The smallest absolute Gasteiger partial charge is 0.270 e. The molecule has 1 fully saturated rings. The van der Waals surface area contributed by atoms with Crippen molar-refractivity contribution in [1.29, 1.82) is 5.26 Å². The van der Waals surface area contributed by atoms with Gasteiger partial charge in [0.1, 0.15) is 6.07 Å². The molecular weight excluding hydrogens is 234 g/mol. The standard InChI is InChI=1S/C12H13N3O3/c1-12(4-5-18-8-12)14-11-3-2-10(15(16)17)6-9(11)7-13/h2-3,6,14H,4-5,8H2,1H3. The number of nitrogens with zero attached hydrogens (tertiary/aromatic N) is 2. The maximum absolute atomic E-state index is 10.6. The van der Waals surface area contributed by atoms with E-state index in [0.717, 1.165) is 6.42 Å². The lowest BCUT2D eigenvalue weighted by molar-refractivity contribution is -0.384. The maximum atomic E-state index is 10.6. The highest BCUT2D eigenvalue weighted by molar-refractivity contribution is 5.62. The van der Waals surface area contributed by atoms with E-state index in [9.17, 15) is 10.1 Å². The zero-order valence-electron chi connectivity index (χ0n) is 9.97. The van der Waals surface area contributed by atoms with Gasteiger partial charge >= 0.3 is 0 Å². The lowest BCUT2D eigenvalue weighted by Crippen LogP contribution is -2.35. The maximum Gasteiger partial charge on any atom is 0.270 e. The van der Waals surface area contributed by atoms with Gasteiger partial charge in [0.05, 0.1) is 28.3 Å². The third-order valence-corrected chi connectivity index (χ3v) is 2.99. The predicted molar refractivity (Wildman–Crippen MR) is 65.3 cm³/mol. The molecule has 1 atom stereocenters. The van der Waals surface area contributed by atoms with Crippen molar-refractivity contribution in [3.05, 3.63) is 33.9 Å². The number of benzene rings is 1. The second-order valence-corrected chi connectivity index (χ2v) is 4.59. The molecule has 0 aromatic heterocycles. The molecule has 1 N–H and O–H groups in total. The summed E-state index contributed by atoms with van der Waals surface area (Å²) in [7, 11) is 0. The molecular formula is C12H13N3O3. The Morgan fingerprint density at radius 2 is 2.39 bits per heavy atom. The molecule has 18 heavy (non-hydrogen) atoms. The number of rotatable bonds is 3. The SMILES string of the molecule is CC1(Nc2ccc([N+](=O)[O-])cc2C#N)CCOC1. The molecule has 1 heterocycles. The van der Waals surface area contributed by atoms with E-state index in [1.165, 1.54) is 12.1 Å². The van der Waals surface area contributed by atoms with Gasteiger partial charge in [-0.1, -0.05) is 0 Å². The summed E-state index contributed by atoms with van der Waals surface area (Å²) < 4.78 is 5.31. The zero-order valence-corrected chi connectivity index (χ0v) is 9.97. The molecule has 94 valence electrons. The second-order valence-electron chi connectivity index (χ2n) is 4.59. The summed E-state index contributed by atoms with van der Waals surface area (Å²) in [6.45, 7) is 3.25. The van der Waals surface area contributed by atoms with Crippen LogP contribution in [0.3, 0.4) is 0 Å². The highest BCUT2D eigenvalue weighted by atomic mass is 16.6. The highest BCUT2D eigenvalue weighted by Gasteiger charge is 2.30. The quantitative estimate of drug-likeness (QED) is 0.652. The Hall–Kier alpha value is -2.13. The average Bonchev–Trinajstić information content (AvgIpc) is 2.76. The normalized spacial score (nSPS) is 22.4. The van der Waals surface area contributed by atoms with E-state index in [-0.39, 0.29) is 16.8 Å². The van der Waals surface area contributed by atoms with Crippen LogP contribution in [0.4, 0.5) is 11.4 Å². The molecule has 6 heteroatoms. The fraction of sp³-hybridized carbons (Fsp3) is 0.417. The molecule has 0 amide bonds. The molecule has 0 spiro atoms. The van der Waals surface area contributed by atoms with Crippen LogP contribution in [-0.4, -0.2) is 23.7 Å². The summed E-state index contributed by atoms with van der Waals surface area (Å²) in [4.78, 5) is 10.1.